The fourth-order valence-electron chi connectivity index (χ4n) is 4.10. The Balaban J connectivity index is 2.12. The van der Waals surface area contributed by atoms with Crippen LogP contribution in [0.3, 0.4) is 0 Å². The molecule has 0 N–H and O–H groups in total. The van der Waals surface area contributed by atoms with Gasteiger partial charge in [0.1, 0.15) is 0 Å². The van der Waals surface area contributed by atoms with Crippen LogP contribution in [0.5, 0.6) is 0 Å². The lowest BCUT2D eigenvalue weighted by atomic mass is 9.67. The first-order valence-corrected chi connectivity index (χ1v) is 7.84. The average Bonchev–Trinajstić information content (AvgIpc) is 3.02. The smallest absolute Gasteiger partial charge is 0.0645 e. The maximum atomic E-state index is 5.87. The summed E-state index contributed by atoms with van der Waals surface area (Å²) in [7, 11) is 0. The van der Waals surface area contributed by atoms with Crippen molar-refractivity contribution >= 4 is 0 Å². The molecule has 0 saturated heterocycles. The minimum absolute atomic E-state index is 0.154. The molecule has 1 fully saturated rings. The molecule has 1 saturated carbocycles. The van der Waals surface area contributed by atoms with E-state index in [-0.39, 0.29) is 5.41 Å². The molecular weight excluding hydrogens is 248 g/mol. The number of ether oxygens (including phenoxy) is 2. The molecule has 2 nitrogen and oxygen atoms in total. The van der Waals surface area contributed by atoms with E-state index < -0.39 is 0 Å². The van der Waals surface area contributed by atoms with Crippen molar-refractivity contribution in [2.24, 2.45) is 23.2 Å². The zero-order valence-corrected chi connectivity index (χ0v) is 12.7. The van der Waals surface area contributed by atoms with E-state index in [0.717, 1.165) is 19.1 Å². The number of hydrogen-bond donors (Lipinski definition) is 0. The van der Waals surface area contributed by atoms with Gasteiger partial charge >= 0.3 is 0 Å². The van der Waals surface area contributed by atoms with Crippen LogP contribution in [0.2, 0.25) is 0 Å². The molecule has 0 heterocycles. The minimum atomic E-state index is 0.154. The summed E-state index contributed by atoms with van der Waals surface area (Å²) in [6.07, 6.45) is 12.2. The molecule has 2 aliphatic rings. The van der Waals surface area contributed by atoms with Crippen LogP contribution in [0, 0.1) is 23.2 Å². The molecule has 0 aromatic rings. The first kappa shape index (κ1) is 15.5. The zero-order valence-electron chi connectivity index (χ0n) is 12.7. The molecule has 0 aromatic heterocycles. The van der Waals surface area contributed by atoms with Crippen LogP contribution in [-0.2, 0) is 9.47 Å². The molecular formula is C18H28O2. The van der Waals surface area contributed by atoms with Crippen LogP contribution in [-0.4, -0.2) is 26.4 Å². The Morgan fingerprint density at radius 3 is 2.35 bits per heavy atom. The van der Waals surface area contributed by atoms with Gasteiger partial charge in [0.05, 0.1) is 26.4 Å². The molecule has 2 bridgehead atoms. The summed E-state index contributed by atoms with van der Waals surface area (Å²) in [6, 6.07) is 0. The van der Waals surface area contributed by atoms with Gasteiger partial charge in [0.15, 0.2) is 0 Å². The molecule has 3 atom stereocenters. The summed E-state index contributed by atoms with van der Waals surface area (Å²) in [5.41, 5.74) is 0.154. The van der Waals surface area contributed by atoms with Gasteiger partial charge in [-0.15, -0.1) is 13.2 Å². The number of fused-ring (bicyclic) bond motifs is 2. The van der Waals surface area contributed by atoms with Gasteiger partial charge in [-0.25, -0.2) is 0 Å². The summed E-state index contributed by atoms with van der Waals surface area (Å²) >= 11 is 0. The molecule has 112 valence electrons. The topological polar surface area (TPSA) is 18.5 Å². The Kier molecular flexibility index (Phi) is 5.62. The zero-order chi connectivity index (χ0) is 14.4. The van der Waals surface area contributed by atoms with Crippen LogP contribution < -0.4 is 0 Å². The van der Waals surface area contributed by atoms with E-state index in [4.69, 9.17) is 9.47 Å². The van der Waals surface area contributed by atoms with Crippen molar-refractivity contribution in [2.75, 3.05) is 26.4 Å². The number of hydrogen-bond acceptors (Lipinski definition) is 2. The minimum Gasteiger partial charge on any atom is -0.377 e. The second-order valence-corrected chi connectivity index (χ2v) is 6.13. The Hall–Kier alpha value is -0.860. The Morgan fingerprint density at radius 2 is 1.80 bits per heavy atom. The van der Waals surface area contributed by atoms with Crippen molar-refractivity contribution in [2.45, 2.75) is 26.2 Å². The third kappa shape index (κ3) is 2.91. The fraction of sp³-hybridized carbons (Fsp3) is 0.667. The molecule has 0 aromatic carbocycles. The van der Waals surface area contributed by atoms with Crippen molar-refractivity contribution in [3.8, 4) is 0 Å². The van der Waals surface area contributed by atoms with E-state index in [1.54, 1.807) is 0 Å². The van der Waals surface area contributed by atoms with E-state index in [2.05, 4.69) is 32.2 Å². The Labute approximate surface area is 123 Å². The molecule has 20 heavy (non-hydrogen) atoms. The van der Waals surface area contributed by atoms with Gasteiger partial charge in [0.2, 0.25) is 0 Å². The van der Waals surface area contributed by atoms with Gasteiger partial charge in [-0.2, -0.15) is 0 Å². The van der Waals surface area contributed by atoms with Gasteiger partial charge in [0, 0.05) is 5.41 Å². The second kappa shape index (κ2) is 7.24. The normalized spacial score (nSPS) is 29.8. The maximum absolute atomic E-state index is 5.87. The van der Waals surface area contributed by atoms with Gasteiger partial charge in [-0.1, -0.05) is 37.6 Å². The van der Waals surface area contributed by atoms with E-state index in [0.29, 0.717) is 25.0 Å². The third-order valence-corrected chi connectivity index (χ3v) is 4.92. The highest BCUT2D eigenvalue weighted by Crippen LogP contribution is 2.58. The SMILES string of the molecule is C=CCOCC1(COCC=C)C2C=CC(C2)C1CCC. The van der Waals surface area contributed by atoms with E-state index >= 15 is 0 Å². The lowest BCUT2D eigenvalue weighted by Crippen LogP contribution is -2.43. The maximum Gasteiger partial charge on any atom is 0.0645 e. The lowest BCUT2D eigenvalue weighted by molar-refractivity contribution is -0.0560. The molecule has 2 aliphatic carbocycles. The average molecular weight is 276 g/mol. The van der Waals surface area contributed by atoms with E-state index in [9.17, 15) is 0 Å². The highest BCUT2D eigenvalue weighted by molar-refractivity contribution is 5.19. The highest BCUT2D eigenvalue weighted by atomic mass is 16.5. The standard InChI is InChI=1S/C18H28O2/c1-4-7-17-15-8-9-16(12-15)18(17,13-19-10-5-2)14-20-11-6-3/h5-6,8-9,15-17H,2-4,7,10-14H2,1H3. The lowest BCUT2D eigenvalue weighted by Gasteiger charge is -2.41. The molecule has 0 radical (unpaired) electrons. The predicted molar refractivity (Wildman–Crippen MR) is 83.6 cm³/mol. The summed E-state index contributed by atoms with van der Waals surface area (Å²) < 4.78 is 11.7. The first-order valence-electron chi connectivity index (χ1n) is 7.84. The largest absolute Gasteiger partial charge is 0.377 e. The van der Waals surface area contributed by atoms with Crippen LogP contribution in [0.4, 0.5) is 0 Å². The van der Waals surface area contributed by atoms with Crippen LogP contribution in [0.25, 0.3) is 0 Å². The quantitative estimate of drug-likeness (QED) is 0.443. The van der Waals surface area contributed by atoms with Crippen LogP contribution >= 0.6 is 0 Å². The summed E-state index contributed by atoms with van der Waals surface area (Å²) in [5, 5.41) is 0. The molecule has 0 amide bonds. The van der Waals surface area contributed by atoms with Crippen molar-refractivity contribution in [1.29, 1.82) is 0 Å². The first-order chi connectivity index (χ1) is 9.78. The Morgan fingerprint density at radius 1 is 1.15 bits per heavy atom. The predicted octanol–water partition coefficient (Wildman–Crippen LogP) is 4.00. The summed E-state index contributed by atoms with van der Waals surface area (Å²) in [4.78, 5) is 0. The van der Waals surface area contributed by atoms with Gasteiger partial charge < -0.3 is 9.47 Å². The number of rotatable bonds is 10. The van der Waals surface area contributed by atoms with Crippen LogP contribution in [0.15, 0.2) is 37.5 Å². The van der Waals surface area contributed by atoms with E-state index in [1.807, 2.05) is 12.2 Å². The van der Waals surface area contributed by atoms with Crippen LogP contribution in [0.1, 0.15) is 26.2 Å². The molecule has 0 spiro atoms. The molecule has 3 unspecified atom stereocenters. The van der Waals surface area contributed by atoms with Gasteiger partial charge in [-0.05, 0) is 30.6 Å². The van der Waals surface area contributed by atoms with Crippen molar-refractivity contribution in [3.63, 3.8) is 0 Å². The van der Waals surface area contributed by atoms with Crippen molar-refractivity contribution in [3.05, 3.63) is 37.5 Å². The monoisotopic (exact) mass is 276 g/mol. The molecule has 2 heteroatoms. The number of allylic oxidation sites excluding steroid dienone is 2. The second-order valence-electron chi connectivity index (χ2n) is 6.13. The summed E-state index contributed by atoms with van der Waals surface area (Å²) in [6.45, 7) is 12.6. The third-order valence-electron chi connectivity index (χ3n) is 4.92. The van der Waals surface area contributed by atoms with Crippen molar-refractivity contribution < 1.29 is 9.47 Å². The molecule has 2 rings (SSSR count). The molecule has 0 aliphatic heterocycles. The summed E-state index contributed by atoms with van der Waals surface area (Å²) in [5.74, 6) is 2.02. The van der Waals surface area contributed by atoms with Gasteiger partial charge in [0.25, 0.3) is 0 Å². The van der Waals surface area contributed by atoms with E-state index in [1.165, 1.54) is 19.3 Å². The Bertz CT molecular complexity index is 344. The van der Waals surface area contributed by atoms with Gasteiger partial charge in [-0.3, -0.25) is 0 Å². The fourth-order valence-corrected chi connectivity index (χ4v) is 4.10. The van der Waals surface area contributed by atoms with Crippen molar-refractivity contribution in [1.82, 2.24) is 0 Å². The highest BCUT2D eigenvalue weighted by Gasteiger charge is 2.55.